The van der Waals surface area contributed by atoms with E-state index in [1.54, 1.807) is 0 Å². The molecule has 2 nitrogen and oxygen atoms in total. The second-order valence-electron chi connectivity index (χ2n) is 3.53. The van der Waals surface area contributed by atoms with Crippen molar-refractivity contribution < 1.29 is 9.90 Å². The van der Waals surface area contributed by atoms with E-state index < -0.39 is 5.97 Å². The van der Waals surface area contributed by atoms with Crippen molar-refractivity contribution in [3.8, 4) is 0 Å². The van der Waals surface area contributed by atoms with Crippen LogP contribution in [0, 0.1) is 5.92 Å². The van der Waals surface area contributed by atoms with Crippen molar-refractivity contribution in [2.24, 2.45) is 5.92 Å². The maximum atomic E-state index is 10.6. The van der Waals surface area contributed by atoms with Gasteiger partial charge in [0.05, 0.1) is 5.92 Å². The summed E-state index contributed by atoms with van der Waals surface area (Å²) in [6, 6.07) is 0. The zero-order chi connectivity index (χ0) is 8.48. The highest BCUT2D eigenvalue weighted by Gasteiger charge is 2.31. The van der Waals surface area contributed by atoms with Gasteiger partial charge in [-0.2, -0.15) is 0 Å². The van der Waals surface area contributed by atoms with Gasteiger partial charge in [-0.1, -0.05) is 29.5 Å². The van der Waals surface area contributed by atoms with E-state index in [2.05, 4.69) is 29.5 Å². The van der Waals surface area contributed by atoms with Crippen molar-refractivity contribution in [3.63, 3.8) is 0 Å². The molecular weight excluding hydrogens is 255 g/mol. The Hall–Kier alpha value is 0.200. The summed E-state index contributed by atoms with van der Waals surface area (Å²) in [6.07, 6.45) is 3.80. The third-order valence-electron chi connectivity index (χ3n) is 2.38. The Labute approximate surface area is 80.5 Å². The minimum atomic E-state index is -0.614. The van der Waals surface area contributed by atoms with Crippen LogP contribution in [0.5, 0.6) is 0 Å². The standard InChI is InChI=1S/C8H13IO2/c1-8(9)4-2-6(3-5-8)7(10)11/h6H,2-5H2,1H3,(H,10,11). The number of halogens is 1. The Kier molecular flexibility index (Phi) is 2.78. The number of rotatable bonds is 1. The molecule has 0 aromatic rings. The zero-order valence-corrected chi connectivity index (χ0v) is 8.80. The van der Waals surface area contributed by atoms with Crippen LogP contribution in [0.3, 0.4) is 0 Å². The van der Waals surface area contributed by atoms with Crippen LogP contribution in [0.1, 0.15) is 32.6 Å². The molecule has 3 heteroatoms. The molecule has 0 spiro atoms. The molecule has 1 aliphatic carbocycles. The third-order valence-corrected chi connectivity index (χ3v) is 3.46. The average molecular weight is 268 g/mol. The molecule has 0 atom stereocenters. The summed E-state index contributed by atoms with van der Waals surface area (Å²) in [4.78, 5) is 10.6. The number of carboxylic acid groups (broad SMARTS) is 1. The van der Waals surface area contributed by atoms with Gasteiger partial charge >= 0.3 is 5.97 Å². The summed E-state index contributed by atoms with van der Waals surface area (Å²) in [5, 5.41) is 8.71. The Morgan fingerprint density at radius 2 is 2.00 bits per heavy atom. The molecule has 0 radical (unpaired) electrons. The molecule has 64 valence electrons. The number of hydrogen-bond acceptors (Lipinski definition) is 1. The summed E-state index contributed by atoms with van der Waals surface area (Å²) < 4.78 is 0.351. The lowest BCUT2D eigenvalue weighted by atomic mass is 9.83. The molecule has 1 rings (SSSR count). The van der Waals surface area contributed by atoms with Crippen LogP contribution < -0.4 is 0 Å². The van der Waals surface area contributed by atoms with E-state index in [4.69, 9.17) is 5.11 Å². The Morgan fingerprint density at radius 1 is 1.55 bits per heavy atom. The van der Waals surface area contributed by atoms with E-state index in [1.165, 1.54) is 0 Å². The van der Waals surface area contributed by atoms with Crippen molar-refractivity contribution in [1.29, 1.82) is 0 Å². The van der Waals surface area contributed by atoms with E-state index in [1.807, 2.05) is 0 Å². The van der Waals surface area contributed by atoms with Crippen LogP contribution in [-0.4, -0.2) is 14.5 Å². The lowest BCUT2D eigenvalue weighted by Gasteiger charge is -2.30. The van der Waals surface area contributed by atoms with Crippen molar-refractivity contribution >= 4 is 28.6 Å². The number of carboxylic acids is 1. The van der Waals surface area contributed by atoms with Crippen LogP contribution in [0.4, 0.5) is 0 Å². The van der Waals surface area contributed by atoms with Crippen molar-refractivity contribution in [1.82, 2.24) is 0 Å². The van der Waals surface area contributed by atoms with Gasteiger partial charge in [-0.15, -0.1) is 0 Å². The SMILES string of the molecule is CC1(I)CCC(C(=O)O)CC1. The minimum Gasteiger partial charge on any atom is -0.481 e. The molecule has 0 aromatic heterocycles. The maximum Gasteiger partial charge on any atom is 0.306 e. The highest BCUT2D eigenvalue weighted by molar-refractivity contribution is 14.1. The second kappa shape index (κ2) is 3.29. The maximum absolute atomic E-state index is 10.6. The molecular formula is C8H13IO2. The summed E-state index contributed by atoms with van der Waals surface area (Å²) in [7, 11) is 0. The van der Waals surface area contributed by atoms with Gasteiger partial charge in [0.2, 0.25) is 0 Å². The fourth-order valence-electron chi connectivity index (χ4n) is 1.47. The van der Waals surface area contributed by atoms with E-state index in [-0.39, 0.29) is 5.92 Å². The highest BCUT2D eigenvalue weighted by atomic mass is 127. The molecule has 0 amide bonds. The highest BCUT2D eigenvalue weighted by Crippen LogP contribution is 2.38. The topological polar surface area (TPSA) is 37.3 Å². The van der Waals surface area contributed by atoms with Crippen LogP contribution in [0.2, 0.25) is 0 Å². The molecule has 0 saturated heterocycles. The first-order chi connectivity index (χ1) is 5.01. The van der Waals surface area contributed by atoms with Gasteiger partial charge in [-0.3, -0.25) is 4.79 Å². The Morgan fingerprint density at radius 3 is 2.36 bits per heavy atom. The van der Waals surface area contributed by atoms with Gasteiger partial charge < -0.3 is 5.11 Å². The van der Waals surface area contributed by atoms with Crippen molar-refractivity contribution in [2.45, 2.75) is 36.0 Å². The second-order valence-corrected chi connectivity index (χ2v) is 6.13. The van der Waals surface area contributed by atoms with Crippen LogP contribution >= 0.6 is 22.6 Å². The molecule has 0 bridgehead atoms. The monoisotopic (exact) mass is 268 g/mol. The smallest absolute Gasteiger partial charge is 0.306 e. The van der Waals surface area contributed by atoms with Crippen LogP contribution in [-0.2, 0) is 4.79 Å². The molecule has 1 N–H and O–H groups in total. The predicted molar refractivity (Wildman–Crippen MR) is 52.0 cm³/mol. The summed E-state index contributed by atoms with van der Waals surface area (Å²) >= 11 is 2.43. The first-order valence-corrected chi connectivity index (χ1v) is 5.01. The summed E-state index contributed by atoms with van der Waals surface area (Å²) in [5.41, 5.74) is 0. The Balaban J connectivity index is 2.42. The molecule has 1 saturated carbocycles. The lowest BCUT2D eigenvalue weighted by Crippen LogP contribution is -2.28. The fraction of sp³-hybridized carbons (Fsp3) is 0.875. The lowest BCUT2D eigenvalue weighted by molar-refractivity contribution is -0.142. The van der Waals surface area contributed by atoms with Gasteiger partial charge in [-0.25, -0.2) is 0 Å². The number of hydrogen-bond donors (Lipinski definition) is 1. The predicted octanol–water partition coefficient (Wildman–Crippen LogP) is 2.45. The molecule has 11 heavy (non-hydrogen) atoms. The van der Waals surface area contributed by atoms with Crippen LogP contribution in [0.15, 0.2) is 0 Å². The molecule has 1 fully saturated rings. The largest absolute Gasteiger partial charge is 0.481 e. The van der Waals surface area contributed by atoms with Gasteiger partial charge in [0.1, 0.15) is 0 Å². The van der Waals surface area contributed by atoms with Gasteiger partial charge in [0.25, 0.3) is 0 Å². The molecule has 0 aliphatic heterocycles. The molecule has 0 heterocycles. The molecule has 0 unspecified atom stereocenters. The van der Waals surface area contributed by atoms with E-state index in [0.717, 1.165) is 25.7 Å². The summed E-state index contributed by atoms with van der Waals surface area (Å²) in [6.45, 7) is 2.20. The Bertz CT molecular complexity index is 155. The minimum absolute atomic E-state index is 0.0714. The first-order valence-electron chi connectivity index (χ1n) is 3.93. The zero-order valence-electron chi connectivity index (χ0n) is 6.64. The number of aliphatic carboxylic acids is 1. The average Bonchev–Trinajstić information content (AvgIpc) is 1.86. The van der Waals surface area contributed by atoms with E-state index in [9.17, 15) is 4.79 Å². The quantitative estimate of drug-likeness (QED) is 0.586. The van der Waals surface area contributed by atoms with Gasteiger partial charge in [-0.05, 0) is 25.7 Å². The van der Waals surface area contributed by atoms with Crippen molar-refractivity contribution in [3.05, 3.63) is 0 Å². The molecule has 0 aromatic carbocycles. The van der Waals surface area contributed by atoms with Gasteiger partial charge in [0.15, 0.2) is 0 Å². The first kappa shape index (κ1) is 9.29. The summed E-state index contributed by atoms with van der Waals surface area (Å²) in [5.74, 6) is -0.685. The van der Waals surface area contributed by atoms with Gasteiger partial charge in [0, 0.05) is 3.42 Å². The third kappa shape index (κ3) is 2.61. The van der Waals surface area contributed by atoms with Crippen LogP contribution in [0.25, 0.3) is 0 Å². The molecule has 1 aliphatic rings. The number of carbonyl (C=O) groups is 1. The number of alkyl halides is 1. The fourth-order valence-corrected chi connectivity index (χ4v) is 2.09. The normalized spacial score (nSPS) is 38.5. The van der Waals surface area contributed by atoms with Crippen molar-refractivity contribution in [2.75, 3.05) is 0 Å². The van der Waals surface area contributed by atoms with E-state index >= 15 is 0 Å². The van der Waals surface area contributed by atoms with E-state index in [0.29, 0.717) is 3.42 Å².